The van der Waals surface area contributed by atoms with Gasteiger partial charge in [0.15, 0.2) is 11.5 Å². The maximum absolute atomic E-state index is 12.2. The molecule has 7 heteroatoms. The van der Waals surface area contributed by atoms with E-state index in [0.717, 1.165) is 40.9 Å². The lowest BCUT2D eigenvalue weighted by molar-refractivity contribution is 0.198. The van der Waals surface area contributed by atoms with Gasteiger partial charge in [-0.1, -0.05) is 12.1 Å². The van der Waals surface area contributed by atoms with Gasteiger partial charge in [0.2, 0.25) is 0 Å². The third-order valence-electron chi connectivity index (χ3n) is 6.12. The fourth-order valence-electron chi connectivity index (χ4n) is 4.43. The van der Waals surface area contributed by atoms with E-state index >= 15 is 0 Å². The van der Waals surface area contributed by atoms with Gasteiger partial charge in [-0.3, -0.25) is 4.90 Å². The van der Waals surface area contributed by atoms with E-state index in [2.05, 4.69) is 17.0 Å². The largest absolute Gasteiger partial charge is 0.493 e. The van der Waals surface area contributed by atoms with Crippen LogP contribution in [0.4, 0.5) is 10.5 Å². The van der Waals surface area contributed by atoms with E-state index < -0.39 is 6.03 Å². The fraction of sp³-hybridized carbons (Fsp3) is 0.375. The lowest BCUT2D eigenvalue weighted by atomic mass is 9.92. The Balaban J connectivity index is 1.80. The monoisotopic (exact) mass is 423 g/mol. The predicted molar refractivity (Wildman–Crippen MR) is 120 cm³/mol. The zero-order valence-corrected chi connectivity index (χ0v) is 18.2. The van der Waals surface area contributed by atoms with Gasteiger partial charge in [0.05, 0.1) is 20.3 Å². The quantitative estimate of drug-likeness (QED) is 0.789. The van der Waals surface area contributed by atoms with E-state index in [1.807, 2.05) is 37.4 Å². The number of methoxy groups -OCH3 is 2. The number of hydrogen-bond donors (Lipinski definition) is 2. The van der Waals surface area contributed by atoms with E-state index in [0.29, 0.717) is 24.5 Å². The van der Waals surface area contributed by atoms with Crippen molar-refractivity contribution in [1.82, 2.24) is 4.90 Å². The Morgan fingerprint density at radius 3 is 2.39 bits per heavy atom. The van der Waals surface area contributed by atoms with Crippen LogP contribution < -0.4 is 20.1 Å². The molecule has 2 aromatic rings. The number of anilines is 1. The normalized spacial score (nSPS) is 20.7. The molecular weight excluding hydrogens is 394 g/mol. The summed E-state index contributed by atoms with van der Waals surface area (Å²) in [5, 5.41) is 9.84. The average molecular weight is 424 g/mol. The number of amides is 2. The average Bonchev–Trinajstić information content (AvgIpc) is 3.14. The first-order valence-electron chi connectivity index (χ1n) is 10.5. The molecule has 0 radical (unpaired) electrons. The Morgan fingerprint density at radius 2 is 1.81 bits per heavy atom. The number of carbonyl (C=O) groups excluding carboxylic acids is 1. The molecule has 0 bridgehead atoms. The third-order valence-corrected chi connectivity index (χ3v) is 6.12. The van der Waals surface area contributed by atoms with Gasteiger partial charge >= 0.3 is 6.03 Å². The van der Waals surface area contributed by atoms with Crippen molar-refractivity contribution in [2.45, 2.75) is 31.9 Å². The lowest BCUT2D eigenvalue weighted by Crippen LogP contribution is -2.38. The number of rotatable bonds is 4. The van der Waals surface area contributed by atoms with E-state index in [-0.39, 0.29) is 12.1 Å². The molecular formula is C24H29N3O4. The minimum Gasteiger partial charge on any atom is -0.493 e. The second-order valence-electron chi connectivity index (χ2n) is 8.14. The smallest absolute Gasteiger partial charge is 0.319 e. The predicted octanol–water partition coefficient (Wildman–Crippen LogP) is 2.99. The number of nitrogens with two attached hydrogens (primary N) is 1. The lowest BCUT2D eigenvalue weighted by Gasteiger charge is -2.22. The van der Waals surface area contributed by atoms with Crippen LogP contribution in [-0.2, 0) is 6.42 Å². The second-order valence-corrected chi connectivity index (χ2v) is 8.14. The molecule has 2 amide bonds. The van der Waals surface area contributed by atoms with Crippen molar-refractivity contribution in [1.29, 1.82) is 0 Å². The number of primary amides is 1. The Hall–Kier alpha value is -3.19. The molecule has 0 aromatic heterocycles. The maximum atomic E-state index is 12.2. The van der Waals surface area contributed by atoms with Gasteiger partial charge in [-0.2, -0.15) is 0 Å². The number of hydrogen-bond acceptors (Lipinski definition) is 5. The number of fused-ring (bicyclic) bond motifs is 1. The molecule has 0 aliphatic carbocycles. The zero-order chi connectivity index (χ0) is 22.1. The number of benzene rings is 2. The molecule has 2 unspecified atom stereocenters. The van der Waals surface area contributed by atoms with Crippen LogP contribution in [0.3, 0.4) is 0 Å². The molecule has 3 N–H and O–H groups in total. The van der Waals surface area contributed by atoms with Crippen LogP contribution in [0.5, 0.6) is 11.5 Å². The van der Waals surface area contributed by atoms with Crippen LogP contribution in [0.15, 0.2) is 42.6 Å². The molecule has 2 aliphatic heterocycles. The van der Waals surface area contributed by atoms with Gasteiger partial charge in [-0.15, -0.1) is 0 Å². The minimum absolute atomic E-state index is 0.0998. The van der Waals surface area contributed by atoms with Crippen molar-refractivity contribution in [3.05, 3.63) is 59.3 Å². The standard InChI is InChI=1S/C24H29N3O4/c1-15-10-17-11-22(30-2)23(31-3)12-20(17)21(14-27(15)24(25)29)16-4-6-18(7-5-16)26-9-8-19(28)13-26/h4-7,11-12,14-15,19,28H,8-10,13H2,1-3H3,(H2,25,29). The van der Waals surface area contributed by atoms with E-state index in [9.17, 15) is 9.90 Å². The molecule has 0 spiro atoms. The number of β-amino-alcohol motifs (C(OH)–C–C–N with tert-alkyl or cyclic N) is 1. The van der Waals surface area contributed by atoms with Crippen LogP contribution in [0, 0.1) is 0 Å². The van der Waals surface area contributed by atoms with Crippen molar-refractivity contribution < 1.29 is 19.4 Å². The molecule has 7 nitrogen and oxygen atoms in total. The molecule has 2 atom stereocenters. The summed E-state index contributed by atoms with van der Waals surface area (Å²) in [5.41, 5.74) is 10.7. The third kappa shape index (κ3) is 4.05. The van der Waals surface area contributed by atoms with E-state index in [1.165, 1.54) is 0 Å². The van der Waals surface area contributed by atoms with Gasteiger partial charge in [-0.05, 0) is 60.7 Å². The molecule has 4 rings (SSSR count). The Labute approximate surface area is 182 Å². The Morgan fingerprint density at radius 1 is 1.13 bits per heavy atom. The summed E-state index contributed by atoms with van der Waals surface area (Å²) in [6.45, 7) is 3.47. The highest BCUT2D eigenvalue weighted by Gasteiger charge is 2.26. The number of nitrogens with zero attached hydrogens (tertiary/aromatic N) is 2. The van der Waals surface area contributed by atoms with Gasteiger partial charge in [0.1, 0.15) is 0 Å². The first-order chi connectivity index (χ1) is 14.9. The Bertz CT molecular complexity index is 1000. The first-order valence-corrected chi connectivity index (χ1v) is 10.5. The number of aliphatic hydroxyl groups excluding tert-OH is 1. The number of urea groups is 1. The summed E-state index contributed by atoms with van der Waals surface area (Å²) in [7, 11) is 3.23. The van der Waals surface area contributed by atoms with Gasteiger partial charge in [0, 0.05) is 36.6 Å². The van der Waals surface area contributed by atoms with E-state index in [4.69, 9.17) is 15.2 Å². The number of aliphatic hydroxyl groups is 1. The zero-order valence-electron chi connectivity index (χ0n) is 18.2. The molecule has 2 heterocycles. The summed E-state index contributed by atoms with van der Waals surface area (Å²) < 4.78 is 11.0. The first kappa shape index (κ1) is 21.1. The number of carbonyl (C=O) groups is 1. The summed E-state index contributed by atoms with van der Waals surface area (Å²) in [6, 6.07) is 11.5. The topological polar surface area (TPSA) is 88.3 Å². The summed E-state index contributed by atoms with van der Waals surface area (Å²) >= 11 is 0. The van der Waals surface area contributed by atoms with Gasteiger partial charge in [0.25, 0.3) is 0 Å². The van der Waals surface area contributed by atoms with Crippen molar-refractivity contribution in [3.8, 4) is 11.5 Å². The molecule has 2 aromatic carbocycles. The highest BCUT2D eigenvalue weighted by Crippen LogP contribution is 2.39. The SMILES string of the molecule is COc1cc2c(cc1OC)C(c1ccc(N3CCC(O)C3)cc1)=CN(C(N)=O)C(C)C2. The molecule has 1 saturated heterocycles. The maximum Gasteiger partial charge on any atom is 0.319 e. The highest BCUT2D eigenvalue weighted by atomic mass is 16.5. The van der Waals surface area contributed by atoms with Crippen LogP contribution in [0.1, 0.15) is 30.0 Å². The summed E-state index contributed by atoms with van der Waals surface area (Å²) in [4.78, 5) is 15.9. The Kier molecular flexibility index (Phi) is 5.78. The second kappa shape index (κ2) is 8.51. The van der Waals surface area contributed by atoms with Crippen LogP contribution >= 0.6 is 0 Å². The molecule has 31 heavy (non-hydrogen) atoms. The summed E-state index contributed by atoms with van der Waals surface area (Å²) in [5.74, 6) is 1.29. The van der Waals surface area contributed by atoms with E-state index in [1.54, 1.807) is 19.1 Å². The van der Waals surface area contributed by atoms with Crippen molar-refractivity contribution in [3.63, 3.8) is 0 Å². The van der Waals surface area contributed by atoms with Crippen molar-refractivity contribution >= 4 is 17.3 Å². The summed E-state index contributed by atoms with van der Waals surface area (Å²) in [6.07, 6.45) is 2.99. The fourth-order valence-corrected chi connectivity index (χ4v) is 4.43. The molecule has 0 saturated carbocycles. The van der Waals surface area contributed by atoms with Crippen LogP contribution in [0.2, 0.25) is 0 Å². The number of ether oxygens (including phenoxy) is 2. The molecule has 1 fully saturated rings. The van der Waals surface area contributed by atoms with Crippen molar-refractivity contribution in [2.75, 3.05) is 32.2 Å². The van der Waals surface area contributed by atoms with Crippen LogP contribution in [-0.4, -0.2) is 55.5 Å². The van der Waals surface area contributed by atoms with Crippen LogP contribution in [0.25, 0.3) is 5.57 Å². The molecule has 164 valence electrons. The minimum atomic E-state index is -0.487. The van der Waals surface area contributed by atoms with Gasteiger partial charge < -0.3 is 25.2 Å². The van der Waals surface area contributed by atoms with Gasteiger partial charge in [-0.25, -0.2) is 4.79 Å². The highest BCUT2D eigenvalue weighted by molar-refractivity contribution is 5.86. The van der Waals surface area contributed by atoms with Crippen molar-refractivity contribution in [2.24, 2.45) is 5.73 Å². The molecule has 2 aliphatic rings.